The molecule has 0 aliphatic carbocycles. The number of anilines is 1. The van der Waals surface area contributed by atoms with Gasteiger partial charge in [0.2, 0.25) is 5.54 Å². The third-order valence-electron chi connectivity index (χ3n) is 5.55. The van der Waals surface area contributed by atoms with E-state index in [1.54, 1.807) is 0 Å². The highest BCUT2D eigenvalue weighted by atomic mass is 19.4. The number of carboxylic acids is 1. The summed E-state index contributed by atoms with van der Waals surface area (Å²) in [4.78, 5) is 28.9. The van der Waals surface area contributed by atoms with Crippen molar-refractivity contribution in [1.82, 2.24) is 15.2 Å². The van der Waals surface area contributed by atoms with Crippen LogP contribution in [0.4, 0.5) is 18.9 Å². The molecule has 2 bridgehead atoms. The van der Waals surface area contributed by atoms with Gasteiger partial charge < -0.3 is 15.4 Å². The Kier molecular flexibility index (Phi) is 3.51. The van der Waals surface area contributed by atoms with Crippen LogP contribution in [-0.4, -0.2) is 59.0 Å². The summed E-state index contributed by atoms with van der Waals surface area (Å²) in [5, 5.41) is 9.81. The third kappa shape index (κ3) is 2.21. The zero-order chi connectivity index (χ0) is 18.9. The maximum atomic E-state index is 13.2. The predicted octanol–water partition coefficient (Wildman–Crippen LogP) is 0.830. The number of amides is 1. The smallest absolute Gasteiger partial charge is 0.416 e. The predicted molar refractivity (Wildman–Crippen MR) is 84.1 cm³/mol. The first-order valence-electron chi connectivity index (χ1n) is 8.14. The van der Waals surface area contributed by atoms with Gasteiger partial charge in [-0.25, -0.2) is 10.2 Å². The molecule has 0 aromatic heterocycles. The third-order valence-corrected chi connectivity index (χ3v) is 5.55. The topological polar surface area (TPSA) is 84.9 Å². The van der Waals surface area contributed by atoms with E-state index in [9.17, 15) is 27.9 Å². The summed E-state index contributed by atoms with van der Waals surface area (Å²) < 4.78 is 38.7. The van der Waals surface area contributed by atoms with Gasteiger partial charge in [-0.15, -0.1) is 0 Å². The normalized spacial score (nSPS) is 30.4. The summed E-state index contributed by atoms with van der Waals surface area (Å²) in [6, 6.07) is 2.75. The second-order valence-electron chi connectivity index (χ2n) is 7.00. The first-order valence-corrected chi connectivity index (χ1v) is 8.14. The minimum Gasteiger partial charge on any atom is -0.479 e. The molecule has 1 unspecified atom stereocenters. The van der Waals surface area contributed by atoms with Gasteiger partial charge >= 0.3 is 12.1 Å². The maximum Gasteiger partial charge on any atom is 0.416 e. The Labute approximate surface area is 146 Å². The summed E-state index contributed by atoms with van der Waals surface area (Å²) in [6.07, 6.45) is -3.79. The van der Waals surface area contributed by atoms with Crippen LogP contribution < -0.4 is 10.9 Å². The number of hydrogen-bond donors (Lipinski definition) is 3. The van der Waals surface area contributed by atoms with Gasteiger partial charge in [-0.05, 0) is 25.6 Å². The van der Waals surface area contributed by atoms with Gasteiger partial charge in [0.1, 0.15) is 0 Å². The molecule has 7 nitrogen and oxygen atoms in total. The fraction of sp³-hybridized carbons (Fsp3) is 0.500. The monoisotopic (exact) mass is 370 g/mol. The quantitative estimate of drug-likeness (QED) is 0.669. The van der Waals surface area contributed by atoms with Crippen molar-refractivity contribution in [2.24, 2.45) is 0 Å². The van der Waals surface area contributed by atoms with Crippen LogP contribution in [0.3, 0.4) is 0 Å². The molecule has 4 rings (SSSR count). The number of carbonyl (C=O) groups excluding carboxylic acids is 1. The van der Waals surface area contributed by atoms with Crippen LogP contribution in [0.2, 0.25) is 0 Å². The van der Waals surface area contributed by atoms with Crippen molar-refractivity contribution in [2.45, 2.75) is 30.2 Å². The van der Waals surface area contributed by atoms with Crippen molar-refractivity contribution in [2.75, 3.05) is 25.6 Å². The van der Waals surface area contributed by atoms with Crippen molar-refractivity contribution in [3.8, 4) is 0 Å². The highest BCUT2D eigenvalue weighted by Gasteiger charge is 2.58. The Morgan fingerprint density at radius 2 is 2.00 bits per heavy atom. The lowest BCUT2D eigenvalue weighted by Crippen LogP contribution is -2.61. The number of nitrogens with zero attached hydrogens (tertiary/aromatic N) is 2. The van der Waals surface area contributed by atoms with E-state index in [2.05, 4.69) is 15.8 Å². The van der Waals surface area contributed by atoms with Gasteiger partial charge in [0.15, 0.2) is 0 Å². The fourth-order valence-electron chi connectivity index (χ4n) is 4.14. The van der Waals surface area contributed by atoms with Crippen LogP contribution in [0.25, 0.3) is 0 Å². The molecule has 140 valence electrons. The molecule has 3 aliphatic rings. The van der Waals surface area contributed by atoms with Crippen molar-refractivity contribution in [3.05, 3.63) is 29.3 Å². The summed E-state index contributed by atoms with van der Waals surface area (Å²) in [7, 11) is 1.95. The van der Waals surface area contributed by atoms with E-state index in [-0.39, 0.29) is 23.3 Å². The SMILES string of the molecule is CN1C[C@@H]2C[C@H]1CN2C(=O)C1(C(=O)O)NNc2cc(C(F)(F)F)ccc21. The molecule has 2 fully saturated rings. The van der Waals surface area contributed by atoms with Crippen molar-refractivity contribution >= 4 is 17.6 Å². The largest absolute Gasteiger partial charge is 0.479 e. The number of rotatable bonds is 2. The number of carbonyl (C=O) groups is 2. The number of fused-ring (bicyclic) bond motifs is 3. The molecule has 3 aliphatic heterocycles. The maximum absolute atomic E-state index is 13.2. The Hall–Kier alpha value is -2.33. The summed E-state index contributed by atoms with van der Waals surface area (Å²) >= 11 is 0. The first-order chi connectivity index (χ1) is 12.1. The van der Waals surface area contributed by atoms with Gasteiger partial charge in [-0.2, -0.15) is 13.2 Å². The molecule has 2 saturated heterocycles. The lowest BCUT2D eigenvalue weighted by molar-refractivity contribution is -0.156. The lowest BCUT2D eigenvalue weighted by Gasteiger charge is -2.36. The van der Waals surface area contributed by atoms with Crippen molar-refractivity contribution < 1.29 is 27.9 Å². The molecule has 1 aromatic rings. The summed E-state index contributed by atoms with van der Waals surface area (Å²) in [5.41, 5.74) is 1.77. The van der Waals surface area contributed by atoms with Crippen molar-refractivity contribution in [1.29, 1.82) is 0 Å². The highest BCUT2D eigenvalue weighted by Crippen LogP contribution is 2.41. The molecule has 3 heterocycles. The van der Waals surface area contributed by atoms with E-state index in [0.29, 0.717) is 13.1 Å². The van der Waals surface area contributed by atoms with E-state index < -0.39 is 29.2 Å². The number of hydrogen-bond acceptors (Lipinski definition) is 5. The minimum atomic E-state index is -4.56. The fourth-order valence-corrected chi connectivity index (χ4v) is 4.14. The summed E-state index contributed by atoms with van der Waals surface area (Å²) in [5.74, 6) is -2.11. The highest BCUT2D eigenvalue weighted by molar-refractivity contribution is 6.10. The van der Waals surface area contributed by atoms with Crippen molar-refractivity contribution in [3.63, 3.8) is 0 Å². The van der Waals surface area contributed by atoms with Crippen LogP contribution in [-0.2, 0) is 21.3 Å². The second-order valence-corrected chi connectivity index (χ2v) is 7.00. The number of nitrogens with one attached hydrogen (secondary N) is 2. The standard InChI is InChI=1S/C16H17F3N4O3/c1-22-6-10-5-9(22)7-23(10)13(24)15(14(25)26)11-3-2-8(16(17,18)19)4-12(11)20-21-15/h2-4,9-10,20-21H,5-7H2,1H3,(H,25,26)/t9-,10-,15?/m0/s1. The van der Waals surface area contributed by atoms with Crippen LogP contribution in [0.15, 0.2) is 18.2 Å². The Morgan fingerprint density at radius 1 is 1.27 bits per heavy atom. The number of halogens is 3. The number of alkyl halides is 3. The molecular weight excluding hydrogens is 353 g/mol. The minimum absolute atomic E-state index is 0.0147. The molecule has 10 heteroatoms. The first kappa shape index (κ1) is 17.1. The molecule has 3 atom stereocenters. The van der Waals surface area contributed by atoms with E-state index in [4.69, 9.17) is 0 Å². The molecule has 1 aromatic carbocycles. The molecule has 3 N–H and O–H groups in total. The Bertz CT molecular complexity index is 797. The van der Waals surface area contributed by atoms with Gasteiger partial charge in [0, 0.05) is 30.7 Å². The number of likely N-dealkylation sites (N-methyl/N-ethyl adjacent to an activating group) is 1. The van der Waals surface area contributed by atoms with Crippen LogP contribution in [0, 0.1) is 0 Å². The molecule has 26 heavy (non-hydrogen) atoms. The molecular formula is C16H17F3N4O3. The number of carboxylic acid groups (broad SMARTS) is 1. The van der Waals surface area contributed by atoms with Gasteiger partial charge in [0.25, 0.3) is 5.91 Å². The molecule has 0 saturated carbocycles. The lowest BCUT2D eigenvalue weighted by atomic mass is 9.88. The second kappa shape index (κ2) is 5.34. The molecule has 0 spiro atoms. The van der Waals surface area contributed by atoms with Crippen LogP contribution in [0.1, 0.15) is 17.5 Å². The number of benzene rings is 1. The van der Waals surface area contributed by atoms with Gasteiger partial charge in [-0.3, -0.25) is 9.69 Å². The van der Waals surface area contributed by atoms with E-state index in [1.807, 2.05) is 7.05 Å². The average Bonchev–Trinajstić information content (AvgIpc) is 3.24. The number of hydrazine groups is 1. The Balaban J connectivity index is 1.72. The molecule has 1 amide bonds. The van der Waals surface area contributed by atoms with Gasteiger partial charge in [0.05, 0.1) is 11.3 Å². The zero-order valence-electron chi connectivity index (χ0n) is 13.8. The van der Waals surface area contributed by atoms with Gasteiger partial charge in [-0.1, -0.05) is 6.07 Å². The van der Waals surface area contributed by atoms with E-state index in [1.165, 1.54) is 4.90 Å². The van der Waals surface area contributed by atoms with Crippen LogP contribution in [0.5, 0.6) is 0 Å². The number of aliphatic carboxylic acids is 1. The number of likely N-dealkylation sites (tertiary alicyclic amines) is 2. The average molecular weight is 370 g/mol. The number of piperazine rings is 1. The molecule has 0 radical (unpaired) electrons. The Morgan fingerprint density at radius 3 is 2.54 bits per heavy atom. The van der Waals surface area contributed by atoms with E-state index in [0.717, 1.165) is 24.6 Å². The summed E-state index contributed by atoms with van der Waals surface area (Å²) in [6.45, 7) is 1.06. The zero-order valence-corrected chi connectivity index (χ0v) is 13.8. The van der Waals surface area contributed by atoms with E-state index >= 15 is 0 Å². The van der Waals surface area contributed by atoms with Crippen LogP contribution >= 0.6 is 0 Å².